The monoisotopic (exact) mass is 220 g/mol. The number of benzene rings is 1. The van der Waals surface area contributed by atoms with Crippen molar-refractivity contribution in [2.75, 3.05) is 0 Å². The zero-order valence-corrected chi connectivity index (χ0v) is 9.15. The number of carbonyl (C=O) groups is 2. The molecule has 16 heavy (non-hydrogen) atoms. The van der Waals surface area contributed by atoms with Gasteiger partial charge in [0.15, 0.2) is 0 Å². The Balaban J connectivity index is 2.64. The van der Waals surface area contributed by atoms with E-state index < -0.39 is 11.9 Å². The van der Waals surface area contributed by atoms with Crippen LogP contribution in [0.3, 0.4) is 0 Å². The van der Waals surface area contributed by atoms with Crippen LogP contribution >= 0.6 is 0 Å². The van der Waals surface area contributed by atoms with Gasteiger partial charge in [-0.25, -0.2) is 19.4 Å². The first-order chi connectivity index (χ1) is 7.52. The summed E-state index contributed by atoms with van der Waals surface area (Å²) in [6, 6.07) is 6.85. The van der Waals surface area contributed by atoms with Crippen LogP contribution in [0.25, 0.3) is 0 Å². The highest BCUT2D eigenvalue weighted by Gasteiger charge is 2.14. The topological polar surface area (TPSA) is 52.6 Å². The van der Waals surface area contributed by atoms with Crippen LogP contribution in [-0.2, 0) is 14.6 Å². The minimum absolute atomic E-state index is 0.164. The summed E-state index contributed by atoms with van der Waals surface area (Å²) in [5.74, 6) is -1.46. The quantitative estimate of drug-likeness (QED) is 0.435. The van der Waals surface area contributed by atoms with Gasteiger partial charge in [0.05, 0.1) is 5.56 Å². The van der Waals surface area contributed by atoms with E-state index in [0.717, 1.165) is 5.56 Å². The van der Waals surface area contributed by atoms with Crippen molar-refractivity contribution in [3.05, 3.63) is 47.5 Å². The van der Waals surface area contributed by atoms with E-state index in [9.17, 15) is 9.59 Å². The average Bonchev–Trinajstić information content (AvgIpc) is 2.25. The fourth-order valence-corrected chi connectivity index (χ4v) is 0.994. The molecule has 1 rings (SSSR count). The van der Waals surface area contributed by atoms with E-state index in [1.54, 1.807) is 31.2 Å². The van der Waals surface area contributed by atoms with Crippen molar-refractivity contribution in [2.45, 2.75) is 13.8 Å². The third kappa shape index (κ3) is 2.95. The van der Waals surface area contributed by atoms with Gasteiger partial charge in [0.2, 0.25) is 0 Å². The summed E-state index contributed by atoms with van der Waals surface area (Å²) in [7, 11) is 0. The first kappa shape index (κ1) is 12.0. The maximum atomic E-state index is 11.5. The van der Waals surface area contributed by atoms with E-state index in [0.29, 0.717) is 5.56 Å². The van der Waals surface area contributed by atoms with Crippen molar-refractivity contribution in [3.63, 3.8) is 0 Å². The van der Waals surface area contributed by atoms with Crippen LogP contribution in [-0.4, -0.2) is 11.9 Å². The molecule has 0 amide bonds. The molecule has 4 heteroatoms. The fraction of sp³-hybridized carbons (Fsp3) is 0.167. The molecule has 0 unspecified atom stereocenters. The van der Waals surface area contributed by atoms with Crippen molar-refractivity contribution < 1.29 is 19.4 Å². The number of carbonyl (C=O) groups excluding carboxylic acids is 2. The molecule has 0 spiro atoms. The molecule has 0 N–H and O–H groups in total. The summed E-state index contributed by atoms with van der Waals surface area (Å²) in [6.45, 7) is 6.58. The molecule has 0 aliphatic heterocycles. The minimum Gasteiger partial charge on any atom is -0.242 e. The van der Waals surface area contributed by atoms with Crippen LogP contribution in [0.4, 0.5) is 0 Å². The molecule has 1 aromatic rings. The van der Waals surface area contributed by atoms with Gasteiger partial charge in [-0.1, -0.05) is 24.8 Å². The average molecular weight is 220 g/mol. The Labute approximate surface area is 93.4 Å². The Morgan fingerprint density at radius 1 is 1.19 bits per heavy atom. The second-order valence-electron chi connectivity index (χ2n) is 3.34. The van der Waals surface area contributed by atoms with Crippen LogP contribution in [0.2, 0.25) is 0 Å². The molecule has 0 fully saturated rings. The van der Waals surface area contributed by atoms with E-state index >= 15 is 0 Å². The zero-order valence-electron chi connectivity index (χ0n) is 9.15. The van der Waals surface area contributed by atoms with Crippen molar-refractivity contribution in [3.8, 4) is 0 Å². The molecule has 0 saturated heterocycles. The normalized spacial score (nSPS) is 9.38. The Kier molecular flexibility index (Phi) is 3.83. The number of hydrogen-bond donors (Lipinski definition) is 0. The van der Waals surface area contributed by atoms with E-state index in [4.69, 9.17) is 0 Å². The highest BCUT2D eigenvalue weighted by atomic mass is 17.2. The maximum Gasteiger partial charge on any atom is 0.386 e. The SMILES string of the molecule is C=C(C)C(=O)OOC(=O)c1ccccc1C. The van der Waals surface area contributed by atoms with Crippen LogP contribution in [0, 0.1) is 6.92 Å². The van der Waals surface area contributed by atoms with Gasteiger partial charge in [-0.15, -0.1) is 0 Å². The molecule has 4 nitrogen and oxygen atoms in total. The molecule has 0 atom stereocenters. The van der Waals surface area contributed by atoms with Gasteiger partial charge in [-0.05, 0) is 25.5 Å². The first-order valence-electron chi connectivity index (χ1n) is 4.66. The summed E-state index contributed by atoms with van der Waals surface area (Å²) in [5, 5.41) is 0. The number of hydrogen-bond acceptors (Lipinski definition) is 4. The molecule has 0 heterocycles. The molecule has 0 radical (unpaired) electrons. The largest absolute Gasteiger partial charge is 0.386 e. The Morgan fingerprint density at radius 3 is 2.38 bits per heavy atom. The molecule has 84 valence electrons. The van der Waals surface area contributed by atoms with E-state index in [1.165, 1.54) is 6.92 Å². The van der Waals surface area contributed by atoms with Gasteiger partial charge >= 0.3 is 11.9 Å². The van der Waals surface area contributed by atoms with Crippen LogP contribution in [0.1, 0.15) is 22.8 Å². The van der Waals surface area contributed by atoms with Crippen molar-refractivity contribution in [2.24, 2.45) is 0 Å². The van der Waals surface area contributed by atoms with E-state index in [1.807, 2.05) is 0 Å². The predicted octanol–water partition coefficient (Wildman–Crippen LogP) is 2.19. The van der Waals surface area contributed by atoms with E-state index in [2.05, 4.69) is 16.4 Å². The Hall–Kier alpha value is -2.10. The summed E-state index contributed by atoms with van der Waals surface area (Å²) >= 11 is 0. The second-order valence-corrected chi connectivity index (χ2v) is 3.34. The smallest absolute Gasteiger partial charge is 0.242 e. The lowest BCUT2D eigenvalue weighted by Gasteiger charge is -2.04. The van der Waals surface area contributed by atoms with Crippen LogP contribution in [0.15, 0.2) is 36.4 Å². The Morgan fingerprint density at radius 2 is 1.81 bits per heavy atom. The highest BCUT2D eigenvalue weighted by molar-refractivity contribution is 5.92. The summed E-state index contributed by atoms with van der Waals surface area (Å²) < 4.78 is 0. The molecule has 1 aromatic carbocycles. The van der Waals surface area contributed by atoms with Gasteiger partial charge in [-0.3, -0.25) is 0 Å². The summed E-state index contributed by atoms with van der Waals surface area (Å²) in [5.41, 5.74) is 1.27. The van der Waals surface area contributed by atoms with Crippen LogP contribution < -0.4 is 0 Å². The zero-order chi connectivity index (χ0) is 12.1. The van der Waals surface area contributed by atoms with Gasteiger partial charge in [-0.2, -0.15) is 0 Å². The molecular formula is C12H12O4. The second kappa shape index (κ2) is 5.11. The summed E-state index contributed by atoms with van der Waals surface area (Å²) in [4.78, 5) is 31.1. The standard InChI is InChI=1S/C12H12O4/c1-8(2)11(13)15-16-12(14)10-7-5-4-6-9(10)3/h4-7H,1H2,2-3H3. The molecule has 0 aliphatic rings. The lowest BCUT2D eigenvalue weighted by molar-refractivity contribution is -0.229. The van der Waals surface area contributed by atoms with E-state index in [-0.39, 0.29) is 5.57 Å². The molecule has 0 aliphatic carbocycles. The minimum atomic E-state index is -0.762. The Bertz CT molecular complexity index is 434. The van der Waals surface area contributed by atoms with Gasteiger partial charge in [0.1, 0.15) is 0 Å². The third-order valence-electron chi connectivity index (χ3n) is 1.91. The number of aryl methyl sites for hydroxylation is 1. The van der Waals surface area contributed by atoms with Gasteiger partial charge < -0.3 is 0 Å². The van der Waals surface area contributed by atoms with Crippen LogP contribution in [0.5, 0.6) is 0 Å². The van der Waals surface area contributed by atoms with Gasteiger partial charge in [0.25, 0.3) is 0 Å². The maximum absolute atomic E-state index is 11.5. The molecular weight excluding hydrogens is 208 g/mol. The highest BCUT2D eigenvalue weighted by Crippen LogP contribution is 2.09. The molecule has 0 bridgehead atoms. The fourth-order valence-electron chi connectivity index (χ4n) is 0.994. The van der Waals surface area contributed by atoms with Crippen molar-refractivity contribution >= 4 is 11.9 Å². The van der Waals surface area contributed by atoms with Gasteiger partial charge in [0, 0.05) is 5.57 Å². The van der Waals surface area contributed by atoms with Crippen molar-refractivity contribution in [1.82, 2.24) is 0 Å². The lowest BCUT2D eigenvalue weighted by atomic mass is 10.1. The third-order valence-corrected chi connectivity index (χ3v) is 1.91. The number of rotatable bonds is 2. The lowest BCUT2D eigenvalue weighted by Crippen LogP contribution is -2.12. The summed E-state index contributed by atoms with van der Waals surface area (Å²) in [6.07, 6.45) is 0. The molecule has 0 saturated carbocycles. The predicted molar refractivity (Wildman–Crippen MR) is 57.5 cm³/mol. The molecule has 0 aromatic heterocycles. The first-order valence-corrected chi connectivity index (χ1v) is 4.66. The van der Waals surface area contributed by atoms with Crippen molar-refractivity contribution in [1.29, 1.82) is 0 Å².